The van der Waals surface area contributed by atoms with E-state index in [1.165, 1.54) is 6.20 Å². The zero-order valence-corrected chi connectivity index (χ0v) is 10.3. The van der Waals surface area contributed by atoms with Crippen molar-refractivity contribution in [1.82, 2.24) is 10.3 Å². The summed E-state index contributed by atoms with van der Waals surface area (Å²) in [7, 11) is 0. The summed E-state index contributed by atoms with van der Waals surface area (Å²) in [5.74, 6) is -0.170. The largest absolute Gasteiger partial charge is 0.398 e. The number of carbonyl (C=O) groups excluding carboxylic acids is 1. The van der Waals surface area contributed by atoms with Crippen molar-refractivity contribution in [2.24, 2.45) is 0 Å². The van der Waals surface area contributed by atoms with Crippen molar-refractivity contribution in [3.8, 4) is 0 Å². The topological polar surface area (TPSA) is 68.0 Å². The first-order chi connectivity index (χ1) is 7.35. The summed E-state index contributed by atoms with van der Waals surface area (Å²) in [5.41, 5.74) is 7.27. The van der Waals surface area contributed by atoms with Gasteiger partial charge < -0.3 is 11.1 Å². The number of anilines is 1. The van der Waals surface area contributed by atoms with Gasteiger partial charge in [0, 0.05) is 23.1 Å². The standard InChI is InChI=1S/C12H19N3O/c1-5-12(3,4)15-11(16)9-7-14-8(2)6-10(9)13/h6-7H,5H2,1-4H3,(H2,13,14)(H,15,16). The molecule has 1 aromatic heterocycles. The lowest BCUT2D eigenvalue weighted by molar-refractivity contribution is 0.0912. The van der Waals surface area contributed by atoms with E-state index < -0.39 is 0 Å². The van der Waals surface area contributed by atoms with Crippen LogP contribution in [-0.2, 0) is 0 Å². The zero-order valence-electron chi connectivity index (χ0n) is 10.3. The zero-order chi connectivity index (χ0) is 12.3. The van der Waals surface area contributed by atoms with E-state index in [-0.39, 0.29) is 11.4 Å². The smallest absolute Gasteiger partial charge is 0.255 e. The Morgan fingerprint density at radius 2 is 2.19 bits per heavy atom. The second-order valence-corrected chi connectivity index (χ2v) is 4.60. The van der Waals surface area contributed by atoms with Gasteiger partial charge in [-0.15, -0.1) is 0 Å². The molecule has 0 fully saturated rings. The van der Waals surface area contributed by atoms with Crippen molar-refractivity contribution in [1.29, 1.82) is 0 Å². The molecule has 0 spiro atoms. The number of pyridine rings is 1. The van der Waals surface area contributed by atoms with Crippen LogP contribution in [0.2, 0.25) is 0 Å². The van der Waals surface area contributed by atoms with Crippen molar-refractivity contribution in [2.45, 2.75) is 39.7 Å². The van der Waals surface area contributed by atoms with Gasteiger partial charge >= 0.3 is 0 Å². The summed E-state index contributed by atoms with van der Waals surface area (Å²) < 4.78 is 0. The predicted octanol–water partition coefficient (Wildman–Crippen LogP) is 1.89. The molecule has 0 unspecified atom stereocenters. The summed E-state index contributed by atoms with van der Waals surface area (Å²) >= 11 is 0. The first-order valence-corrected chi connectivity index (χ1v) is 5.40. The molecular formula is C12H19N3O. The molecule has 0 saturated heterocycles. The number of nitrogens with zero attached hydrogens (tertiary/aromatic N) is 1. The summed E-state index contributed by atoms with van der Waals surface area (Å²) in [6.07, 6.45) is 2.38. The number of nitrogens with two attached hydrogens (primary N) is 1. The summed E-state index contributed by atoms with van der Waals surface area (Å²) in [6, 6.07) is 1.70. The summed E-state index contributed by atoms with van der Waals surface area (Å²) in [5, 5.41) is 2.92. The summed E-state index contributed by atoms with van der Waals surface area (Å²) in [4.78, 5) is 16.0. The summed E-state index contributed by atoms with van der Waals surface area (Å²) in [6.45, 7) is 7.82. The quantitative estimate of drug-likeness (QED) is 0.819. The monoisotopic (exact) mass is 221 g/mol. The molecule has 4 nitrogen and oxygen atoms in total. The van der Waals surface area contributed by atoms with Crippen LogP contribution in [-0.4, -0.2) is 16.4 Å². The van der Waals surface area contributed by atoms with Gasteiger partial charge in [-0.25, -0.2) is 0 Å². The van der Waals surface area contributed by atoms with Crippen LogP contribution in [0.4, 0.5) is 5.69 Å². The molecule has 0 radical (unpaired) electrons. The molecule has 4 heteroatoms. The second-order valence-electron chi connectivity index (χ2n) is 4.60. The van der Waals surface area contributed by atoms with E-state index in [0.29, 0.717) is 11.3 Å². The Balaban J connectivity index is 2.89. The van der Waals surface area contributed by atoms with Crippen molar-refractivity contribution in [3.05, 3.63) is 23.5 Å². The van der Waals surface area contributed by atoms with Gasteiger partial charge in [-0.2, -0.15) is 0 Å². The Morgan fingerprint density at radius 1 is 1.56 bits per heavy atom. The molecule has 16 heavy (non-hydrogen) atoms. The number of rotatable bonds is 3. The van der Waals surface area contributed by atoms with Crippen LogP contribution in [0.25, 0.3) is 0 Å². The molecule has 1 rings (SSSR count). The Morgan fingerprint density at radius 3 is 2.69 bits per heavy atom. The fourth-order valence-corrected chi connectivity index (χ4v) is 1.23. The average molecular weight is 221 g/mol. The third kappa shape index (κ3) is 2.95. The number of amides is 1. The van der Waals surface area contributed by atoms with Crippen LogP contribution in [0.1, 0.15) is 43.2 Å². The van der Waals surface area contributed by atoms with Crippen LogP contribution < -0.4 is 11.1 Å². The number of nitrogens with one attached hydrogen (secondary N) is 1. The minimum absolute atomic E-state index is 0.170. The molecule has 1 heterocycles. The molecule has 3 N–H and O–H groups in total. The highest BCUT2D eigenvalue weighted by atomic mass is 16.1. The molecule has 0 saturated carbocycles. The molecule has 1 aromatic rings. The third-order valence-electron chi connectivity index (χ3n) is 2.65. The van der Waals surface area contributed by atoms with E-state index in [0.717, 1.165) is 12.1 Å². The molecular weight excluding hydrogens is 202 g/mol. The van der Waals surface area contributed by atoms with Gasteiger partial charge in [-0.1, -0.05) is 6.92 Å². The van der Waals surface area contributed by atoms with Crippen molar-refractivity contribution in [3.63, 3.8) is 0 Å². The molecule has 0 atom stereocenters. The normalized spacial score (nSPS) is 11.2. The second kappa shape index (κ2) is 4.51. The lowest BCUT2D eigenvalue weighted by atomic mass is 10.0. The van der Waals surface area contributed by atoms with E-state index in [2.05, 4.69) is 10.3 Å². The molecule has 0 aliphatic carbocycles. The molecule has 0 aliphatic heterocycles. The highest BCUT2D eigenvalue weighted by Gasteiger charge is 2.20. The van der Waals surface area contributed by atoms with Gasteiger partial charge in [0.25, 0.3) is 5.91 Å². The van der Waals surface area contributed by atoms with Crippen LogP contribution >= 0.6 is 0 Å². The lowest BCUT2D eigenvalue weighted by Gasteiger charge is -2.24. The number of aryl methyl sites for hydroxylation is 1. The van der Waals surface area contributed by atoms with Gasteiger partial charge in [0.2, 0.25) is 0 Å². The van der Waals surface area contributed by atoms with Crippen LogP contribution in [0.3, 0.4) is 0 Å². The van der Waals surface area contributed by atoms with Gasteiger partial charge in [0.05, 0.1) is 5.56 Å². The predicted molar refractivity (Wildman–Crippen MR) is 65.2 cm³/mol. The lowest BCUT2D eigenvalue weighted by Crippen LogP contribution is -2.43. The van der Waals surface area contributed by atoms with Crippen molar-refractivity contribution >= 4 is 11.6 Å². The SMILES string of the molecule is CCC(C)(C)NC(=O)c1cnc(C)cc1N. The molecule has 0 aliphatic rings. The number of carbonyl (C=O) groups is 1. The van der Waals surface area contributed by atoms with Crippen molar-refractivity contribution < 1.29 is 4.79 Å². The molecule has 0 aromatic carbocycles. The Kier molecular flexibility index (Phi) is 3.52. The molecule has 88 valence electrons. The van der Waals surface area contributed by atoms with E-state index in [4.69, 9.17) is 5.73 Å². The first-order valence-electron chi connectivity index (χ1n) is 5.40. The molecule has 1 amide bonds. The van der Waals surface area contributed by atoms with E-state index in [1.54, 1.807) is 6.07 Å². The maximum absolute atomic E-state index is 11.9. The fraction of sp³-hybridized carbons (Fsp3) is 0.500. The number of nitrogen functional groups attached to an aromatic ring is 1. The highest BCUT2D eigenvalue weighted by Crippen LogP contribution is 2.14. The Hall–Kier alpha value is -1.58. The fourth-order valence-electron chi connectivity index (χ4n) is 1.23. The van der Waals surface area contributed by atoms with Gasteiger partial charge in [0.15, 0.2) is 0 Å². The number of aromatic nitrogens is 1. The van der Waals surface area contributed by atoms with E-state index in [1.807, 2.05) is 27.7 Å². The van der Waals surface area contributed by atoms with Gasteiger partial charge in [-0.3, -0.25) is 9.78 Å². The van der Waals surface area contributed by atoms with Gasteiger partial charge in [0.1, 0.15) is 0 Å². The number of hydrogen-bond acceptors (Lipinski definition) is 3. The third-order valence-corrected chi connectivity index (χ3v) is 2.65. The Labute approximate surface area is 96.3 Å². The van der Waals surface area contributed by atoms with Crippen molar-refractivity contribution in [2.75, 3.05) is 5.73 Å². The van der Waals surface area contributed by atoms with Crippen LogP contribution in [0, 0.1) is 6.92 Å². The average Bonchev–Trinajstić information content (AvgIpc) is 2.16. The van der Waals surface area contributed by atoms with Crippen LogP contribution in [0.15, 0.2) is 12.3 Å². The first kappa shape index (κ1) is 12.5. The van der Waals surface area contributed by atoms with Crippen LogP contribution in [0.5, 0.6) is 0 Å². The minimum atomic E-state index is -0.228. The maximum atomic E-state index is 11.9. The Bertz CT molecular complexity index is 399. The minimum Gasteiger partial charge on any atom is -0.398 e. The maximum Gasteiger partial charge on any atom is 0.255 e. The van der Waals surface area contributed by atoms with E-state index in [9.17, 15) is 4.79 Å². The number of hydrogen-bond donors (Lipinski definition) is 2. The highest BCUT2D eigenvalue weighted by molar-refractivity contribution is 5.99. The van der Waals surface area contributed by atoms with E-state index >= 15 is 0 Å². The molecule has 0 bridgehead atoms. The van der Waals surface area contributed by atoms with Gasteiger partial charge in [-0.05, 0) is 33.3 Å².